The van der Waals surface area contributed by atoms with E-state index in [1.54, 1.807) is 18.2 Å². The molecule has 2 rings (SSSR count). The van der Waals surface area contributed by atoms with Gasteiger partial charge in [0.15, 0.2) is 5.75 Å². The fourth-order valence-electron chi connectivity index (χ4n) is 1.96. The number of nitro groups is 1. The Morgan fingerprint density at radius 1 is 1.15 bits per heavy atom. The minimum absolute atomic E-state index is 0.156. The Kier molecular flexibility index (Phi) is 4.00. The Balaban J connectivity index is 2.39. The van der Waals surface area contributed by atoms with Crippen LogP contribution in [0.4, 0.5) is 5.69 Å². The number of hydrogen-bond donors (Lipinski definition) is 1. The zero-order valence-electron chi connectivity index (χ0n) is 11.2. The lowest BCUT2D eigenvalue weighted by atomic mass is 10.00. The molecule has 5 heteroatoms. The molecule has 0 heterocycles. The molecule has 0 aromatic heterocycles. The maximum Gasteiger partial charge on any atom is 0.311 e. The minimum Gasteiger partial charge on any atom is -0.490 e. The Labute approximate surface area is 116 Å². The van der Waals surface area contributed by atoms with E-state index in [1.807, 2.05) is 19.1 Å². The zero-order chi connectivity index (χ0) is 14.7. The molecular weight excluding hydrogens is 258 g/mol. The van der Waals surface area contributed by atoms with Crippen molar-refractivity contribution in [3.05, 3.63) is 69.3 Å². The summed E-state index contributed by atoms with van der Waals surface area (Å²) in [5.41, 5.74) is 2.08. The second-order valence-corrected chi connectivity index (χ2v) is 4.50. The van der Waals surface area contributed by atoms with Crippen LogP contribution in [0.25, 0.3) is 0 Å². The molecule has 5 nitrogen and oxygen atoms in total. The van der Waals surface area contributed by atoms with Crippen LogP contribution in [0.1, 0.15) is 22.8 Å². The lowest BCUT2D eigenvalue weighted by Crippen LogP contribution is -2.02. The van der Waals surface area contributed by atoms with Crippen LogP contribution in [-0.2, 0) is 0 Å². The van der Waals surface area contributed by atoms with Crippen molar-refractivity contribution in [1.82, 2.24) is 0 Å². The van der Waals surface area contributed by atoms with Gasteiger partial charge in [-0.2, -0.15) is 0 Å². The molecule has 0 spiro atoms. The van der Waals surface area contributed by atoms with Crippen molar-refractivity contribution < 1.29 is 14.8 Å². The van der Waals surface area contributed by atoms with E-state index in [0.29, 0.717) is 11.1 Å². The Morgan fingerprint density at radius 2 is 1.75 bits per heavy atom. The van der Waals surface area contributed by atoms with Crippen LogP contribution in [0.2, 0.25) is 0 Å². The van der Waals surface area contributed by atoms with Gasteiger partial charge in [-0.25, -0.2) is 0 Å². The SMILES string of the molecule is COc1ccc(C(O)c2ccc(C)cc2)cc1[N+](=O)[O-]. The number of aryl methyl sites for hydroxylation is 1. The molecule has 104 valence electrons. The summed E-state index contributed by atoms with van der Waals surface area (Å²) in [6.45, 7) is 1.95. The molecule has 1 N–H and O–H groups in total. The first-order valence-electron chi connectivity index (χ1n) is 6.10. The number of ether oxygens (including phenoxy) is 1. The molecule has 2 aromatic rings. The zero-order valence-corrected chi connectivity index (χ0v) is 11.2. The van der Waals surface area contributed by atoms with Crippen LogP contribution in [0.3, 0.4) is 0 Å². The predicted octanol–water partition coefficient (Wildman–Crippen LogP) is 2.99. The van der Waals surface area contributed by atoms with Gasteiger partial charge in [-0.1, -0.05) is 35.9 Å². The van der Waals surface area contributed by atoms with Gasteiger partial charge in [-0.15, -0.1) is 0 Å². The highest BCUT2D eigenvalue weighted by Gasteiger charge is 2.19. The van der Waals surface area contributed by atoms with Gasteiger partial charge in [0.05, 0.1) is 12.0 Å². The van der Waals surface area contributed by atoms with Gasteiger partial charge in [0.25, 0.3) is 0 Å². The number of nitro benzene ring substituents is 1. The molecule has 2 aromatic carbocycles. The van der Waals surface area contributed by atoms with E-state index in [4.69, 9.17) is 4.74 Å². The smallest absolute Gasteiger partial charge is 0.311 e. The van der Waals surface area contributed by atoms with Gasteiger partial charge in [0.2, 0.25) is 0 Å². The third-order valence-electron chi connectivity index (χ3n) is 3.11. The van der Waals surface area contributed by atoms with Crippen molar-refractivity contribution >= 4 is 5.69 Å². The first-order chi connectivity index (χ1) is 9.52. The van der Waals surface area contributed by atoms with Crippen LogP contribution in [-0.4, -0.2) is 17.1 Å². The third kappa shape index (κ3) is 2.78. The second-order valence-electron chi connectivity index (χ2n) is 4.50. The molecule has 0 bridgehead atoms. The van der Waals surface area contributed by atoms with E-state index in [9.17, 15) is 15.2 Å². The van der Waals surface area contributed by atoms with E-state index >= 15 is 0 Å². The third-order valence-corrected chi connectivity index (χ3v) is 3.11. The van der Waals surface area contributed by atoms with Crippen LogP contribution >= 0.6 is 0 Å². The fourth-order valence-corrected chi connectivity index (χ4v) is 1.96. The van der Waals surface area contributed by atoms with E-state index in [0.717, 1.165) is 5.56 Å². The quantitative estimate of drug-likeness (QED) is 0.686. The lowest BCUT2D eigenvalue weighted by molar-refractivity contribution is -0.385. The van der Waals surface area contributed by atoms with Crippen LogP contribution in [0, 0.1) is 17.0 Å². The summed E-state index contributed by atoms with van der Waals surface area (Å²) in [5.74, 6) is 0.176. The van der Waals surface area contributed by atoms with E-state index in [1.165, 1.54) is 19.2 Å². The molecule has 0 aliphatic carbocycles. The number of rotatable bonds is 4. The molecular formula is C15H15NO4. The summed E-state index contributed by atoms with van der Waals surface area (Å²) in [6, 6.07) is 11.8. The van der Waals surface area contributed by atoms with Crippen molar-refractivity contribution in [2.24, 2.45) is 0 Å². The normalized spacial score (nSPS) is 11.9. The summed E-state index contributed by atoms with van der Waals surface area (Å²) in [4.78, 5) is 10.5. The van der Waals surface area contributed by atoms with Crippen molar-refractivity contribution in [1.29, 1.82) is 0 Å². The highest BCUT2D eigenvalue weighted by Crippen LogP contribution is 2.32. The lowest BCUT2D eigenvalue weighted by Gasteiger charge is -2.12. The summed E-state index contributed by atoms with van der Waals surface area (Å²) >= 11 is 0. The molecule has 0 aliphatic rings. The number of methoxy groups -OCH3 is 1. The summed E-state index contributed by atoms with van der Waals surface area (Å²) in [5, 5.41) is 21.3. The number of hydrogen-bond acceptors (Lipinski definition) is 4. The van der Waals surface area contributed by atoms with Crippen molar-refractivity contribution in [2.75, 3.05) is 7.11 Å². The van der Waals surface area contributed by atoms with Gasteiger partial charge >= 0.3 is 5.69 Å². The highest BCUT2D eigenvalue weighted by atomic mass is 16.6. The largest absolute Gasteiger partial charge is 0.490 e. The Bertz CT molecular complexity index is 622. The van der Waals surface area contributed by atoms with Gasteiger partial charge in [0.1, 0.15) is 6.10 Å². The molecule has 0 fully saturated rings. The second kappa shape index (κ2) is 5.71. The van der Waals surface area contributed by atoms with Gasteiger partial charge in [-0.05, 0) is 24.1 Å². The van der Waals surface area contributed by atoms with E-state index in [-0.39, 0.29) is 11.4 Å². The van der Waals surface area contributed by atoms with Crippen LogP contribution in [0.5, 0.6) is 5.75 Å². The number of aliphatic hydroxyl groups is 1. The van der Waals surface area contributed by atoms with Gasteiger partial charge < -0.3 is 9.84 Å². The Hall–Kier alpha value is -2.40. The minimum atomic E-state index is -0.903. The van der Waals surface area contributed by atoms with Crippen molar-refractivity contribution in [3.8, 4) is 5.75 Å². The Morgan fingerprint density at radius 3 is 2.30 bits per heavy atom. The average Bonchev–Trinajstić information content (AvgIpc) is 2.46. The maximum absolute atomic E-state index is 11.0. The van der Waals surface area contributed by atoms with Gasteiger partial charge in [-0.3, -0.25) is 10.1 Å². The summed E-state index contributed by atoms with van der Waals surface area (Å²) < 4.78 is 4.94. The first kappa shape index (κ1) is 14.0. The fraction of sp³-hybridized carbons (Fsp3) is 0.200. The van der Waals surface area contributed by atoms with Crippen molar-refractivity contribution in [2.45, 2.75) is 13.0 Å². The molecule has 1 unspecified atom stereocenters. The summed E-state index contributed by atoms with van der Waals surface area (Å²) in [7, 11) is 1.37. The highest BCUT2D eigenvalue weighted by molar-refractivity contribution is 5.50. The molecule has 0 saturated heterocycles. The number of benzene rings is 2. The standard InChI is InChI=1S/C15H15NO4/c1-10-3-5-11(6-4-10)15(17)12-7-8-14(20-2)13(9-12)16(18)19/h3-9,15,17H,1-2H3. The maximum atomic E-state index is 11.0. The molecule has 1 atom stereocenters. The first-order valence-corrected chi connectivity index (χ1v) is 6.10. The number of nitrogens with zero attached hydrogens (tertiary/aromatic N) is 1. The van der Waals surface area contributed by atoms with E-state index < -0.39 is 11.0 Å². The molecule has 0 saturated carbocycles. The molecule has 0 radical (unpaired) electrons. The van der Waals surface area contributed by atoms with Crippen LogP contribution in [0.15, 0.2) is 42.5 Å². The average molecular weight is 273 g/mol. The molecule has 20 heavy (non-hydrogen) atoms. The van der Waals surface area contributed by atoms with Gasteiger partial charge in [0, 0.05) is 6.07 Å². The topological polar surface area (TPSA) is 72.6 Å². The summed E-state index contributed by atoms with van der Waals surface area (Å²) in [6.07, 6.45) is -0.903. The van der Waals surface area contributed by atoms with Crippen LogP contribution < -0.4 is 4.74 Å². The number of aliphatic hydroxyl groups excluding tert-OH is 1. The van der Waals surface area contributed by atoms with Crippen molar-refractivity contribution in [3.63, 3.8) is 0 Å². The predicted molar refractivity (Wildman–Crippen MR) is 74.9 cm³/mol. The monoisotopic (exact) mass is 273 g/mol. The van der Waals surface area contributed by atoms with E-state index in [2.05, 4.69) is 0 Å². The molecule has 0 aliphatic heterocycles. The molecule has 0 amide bonds.